The zero-order valence-corrected chi connectivity index (χ0v) is 10.7. The molecular weight excluding hydrogens is 230 g/mol. The van der Waals surface area contributed by atoms with Crippen molar-refractivity contribution in [2.45, 2.75) is 19.3 Å². The van der Waals surface area contributed by atoms with Crippen LogP contribution >= 0.6 is 0 Å². The maximum absolute atomic E-state index is 11.3. The molecule has 0 bridgehead atoms. The molecule has 0 aliphatic carbocycles. The van der Waals surface area contributed by atoms with Crippen molar-refractivity contribution >= 4 is 11.6 Å². The highest BCUT2D eigenvalue weighted by Gasteiger charge is 2.23. The Morgan fingerprint density at radius 1 is 1.50 bits per heavy atom. The van der Waals surface area contributed by atoms with E-state index in [2.05, 4.69) is 24.5 Å². The molecule has 5 heteroatoms. The number of carbonyl (C=O) groups is 1. The van der Waals surface area contributed by atoms with Gasteiger partial charge in [-0.05, 0) is 17.7 Å². The molecule has 0 saturated heterocycles. The lowest BCUT2D eigenvalue weighted by Gasteiger charge is -2.27. The van der Waals surface area contributed by atoms with Crippen LogP contribution in [0.3, 0.4) is 0 Å². The second kappa shape index (κ2) is 4.96. The van der Waals surface area contributed by atoms with E-state index in [1.807, 2.05) is 18.2 Å². The molecule has 1 aliphatic rings. The van der Waals surface area contributed by atoms with E-state index in [9.17, 15) is 4.79 Å². The maximum atomic E-state index is 11.3. The fraction of sp³-hybridized carbons (Fsp3) is 0.462. The summed E-state index contributed by atoms with van der Waals surface area (Å²) in [5.74, 6) is 0.610. The standard InChI is InChI=1S/C13H19N3O2/c1-13(2,7-15-8-14)9-3-4-11-10(5-9)16-12(17)6-18-11/h3-5,15H,6-8,14H2,1-2H3,(H,16,17). The zero-order chi connectivity index (χ0) is 13.2. The van der Waals surface area contributed by atoms with Crippen LogP contribution < -0.4 is 21.1 Å². The first-order valence-electron chi connectivity index (χ1n) is 6.01. The predicted molar refractivity (Wildman–Crippen MR) is 70.6 cm³/mol. The SMILES string of the molecule is CC(C)(CNCN)c1ccc2c(c1)NC(=O)CO2. The minimum Gasteiger partial charge on any atom is -0.482 e. The van der Waals surface area contributed by atoms with Gasteiger partial charge in [-0.15, -0.1) is 0 Å². The third kappa shape index (κ3) is 2.63. The summed E-state index contributed by atoms with van der Waals surface area (Å²) in [7, 11) is 0. The predicted octanol–water partition coefficient (Wildman–Crippen LogP) is 0.801. The molecule has 0 aromatic heterocycles. The van der Waals surface area contributed by atoms with Crippen LogP contribution in [0.1, 0.15) is 19.4 Å². The number of ether oxygens (including phenoxy) is 1. The molecule has 0 unspecified atom stereocenters. The molecule has 0 saturated carbocycles. The monoisotopic (exact) mass is 249 g/mol. The first-order chi connectivity index (χ1) is 8.53. The molecule has 1 aliphatic heterocycles. The molecule has 18 heavy (non-hydrogen) atoms. The lowest BCUT2D eigenvalue weighted by Crippen LogP contribution is -2.36. The van der Waals surface area contributed by atoms with Gasteiger partial charge in [0.05, 0.1) is 5.69 Å². The smallest absolute Gasteiger partial charge is 0.262 e. The molecule has 5 nitrogen and oxygen atoms in total. The van der Waals surface area contributed by atoms with Gasteiger partial charge in [0.15, 0.2) is 6.61 Å². The van der Waals surface area contributed by atoms with E-state index in [4.69, 9.17) is 10.5 Å². The van der Waals surface area contributed by atoms with Crippen molar-refractivity contribution in [3.8, 4) is 5.75 Å². The van der Waals surface area contributed by atoms with Crippen molar-refractivity contribution in [2.75, 3.05) is 25.1 Å². The molecule has 98 valence electrons. The molecule has 0 fully saturated rings. The second-order valence-electron chi connectivity index (χ2n) is 5.06. The van der Waals surface area contributed by atoms with Gasteiger partial charge in [0.1, 0.15) is 5.75 Å². The highest BCUT2D eigenvalue weighted by atomic mass is 16.5. The Bertz CT molecular complexity index is 458. The molecule has 1 aromatic carbocycles. The van der Waals surface area contributed by atoms with E-state index < -0.39 is 0 Å². The third-order valence-electron chi connectivity index (χ3n) is 3.11. The van der Waals surface area contributed by atoms with Gasteiger partial charge in [-0.25, -0.2) is 0 Å². The molecule has 1 aromatic rings. The van der Waals surface area contributed by atoms with Crippen LogP contribution in [0.15, 0.2) is 18.2 Å². The van der Waals surface area contributed by atoms with Crippen molar-refractivity contribution in [2.24, 2.45) is 5.73 Å². The van der Waals surface area contributed by atoms with Crippen molar-refractivity contribution < 1.29 is 9.53 Å². The van der Waals surface area contributed by atoms with Gasteiger partial charge in [0, 0.05) is 18.6 Å². The summed E-state index contributed by atoms with van der Waals surface area (Å²) >= 11 is 0. The van der Waals surface area contributed by atoms with E-state index in [1.54, 1.807) is 0 Å². The van der Waals surface area contributed by atoms with Crippen LogP contribution in [0.5, 0.6) is 5.75 Å². The number of hydrogen-bond donors (Lipinski definition) is 3. The minimum atomic E-state index is -0.113. The van der Waals surface area contributed by atoms with Crippen molar-refractivity contribution in [3.63, 3.8) is 0 Å². The third-order valence-corrected chi connectivity index (χ3v) is 3.11. The fourth-order valence-electron chi connectivity index (χ4n) is 1.99. The van der Waals surface area contributed by atoms with Crippen LogP contribution in [-0.4, -0.2) is 25.7 Å². The molecule has 0 spiro atoms. The first-order valence-corrected chi connectivity index (χ1v) is 6.01. The Balaban J connectivity index is 2.24. The summed E-state index contributed by atoms with van der Waals surface area (Å²) in [6, 6.07) is 5.88. The average Bonchev–Trinajstić information content (AvgIpc) is 2.35. The van der Waals surface area contributed by atoms with E-state index in [1.165, 1.54) is 0 Å². The number of amides is 1. The number of anilines is 1. The summed E-state index contributed by atoms with van der Waals surface area (Å²) in [4.78, 5) is 11.3. The highest BCUT2D eigenvalue weighted by molar-refractivity contribution is 5.95. The Kier molecular flexibility index (Phi) is 3.54. The summed E-state index contributed by atoms with van der Waals surface area (Å²) in [6.07, 6.45) is 0. The molecule has 0 atom stereocenters. The van der Waals surface area contributed by atoms with E-state index in [0.29, 0.717) is 6.67 Å². The zero-order valence-electron chi connectivity index (χ0n) is 10.7. The van der Waals surface area contributed by atoms with Crippen molar-refractivity contribution in [1.82, 2.24) is 5.32 Å². The number of nitrogens with two attached hydrogens (primary N) is 1. The Hall–Kier alpha value is -1.59. The lowest BCUT2D eigenvalue weighted by molar-refractivity contribution is -0.118. The van der Waals surface area contributed by atoms with Gasteiger partial charge >= 0.3 is 0 Å². The molecule has 0 radical (unpaired) electrons. The Labute approximate surface area is 107 Å². The largest absolute Gasteiger partial charge is 0.482 e. The van der Waals surface area contributed by atoms with E-state index >= 15 is 0 Å². The summed E-state index contributed by atoms with van der Waals surface area (Å²) in [5.41, 5.74) is 7.27. The summed E-state index contributed by atoms with van der Waals surface area (Å²) in [5, 5.41) is 5.95. The lowest BCUT2D eigenvalue weighted by atomic mass is 9.84. The molecular formula is C13H19N3O2. The molecule has 1 heterocycles. The Morgan fingerprint density at radius 2 is 2.28 bits per heavy atom. The topological polar surface area (TPSA) is 76.4 Å². The number of nitrogens with one attached hydrogen (secondary N) is 2. The summed E-state index contributed by atoms with van der Waals surface area (Å²) in [6.45, 7) is 5.57. The molecule has 2 rings (SSSR count). The van der Waals surface area contributed by atoms with Crippen molar-refractivity contribution in [1.29, 1.82) is 0 Å². The van der Waals surface area contributed by atoms with Gasteiger partial charge in [-0.3, -0.25) is 4.79 Å². The van der Waals surface area contributed by atoms with Gasteiger partial charge in [0.25, 0.3) is 5.91 Å². The molecule has 4 N–H and O–H groups in total. The Morgan fingerprint density at radius 3 is 3.00 bits per heavy atom. The van der Waals surface area contributed by atoms with Gasteiger partial charge in [0.2, 0.25) is 0 Å². The number of rotatable bonds is 4. The van der Waals surface area contributed by atoms with Crippen LogP contribution in [0, 0.1) is 0 Å². The quantitative estimate of drug-likeness (QED) is 0.690. The van der Waals surface area contributed by atoms with Crippen LogP contribution in [0.25, 0.3) is 0 Å². The number of carbonyl (C=O) groups excluding carboxylic acids is 1. The number of benzene rings is 1. The van der Waals surface area contributed by atoms with Crippen LogP contribution in [-0.2, 0) is 10.2 Å². The number of hydrogen-bond acceptors (Lipinski definition) is 4. The first kappa shape index (κ1) is 12.9. The van der Waals surface area contributed by atoms with Crippen molar-refractivity contribution in [3.05, 3.63) is 23.8 Å². The highest BCUT2D eigenvalue weighted by Crippen LogP contribution is 2.33. The van der Waals surface area contributed by atoms with Crippen LogP contribution in [0.2, 0.25) is 0 Å². The number of fused-ring (bicyclic) bond motifs is 1. The van der Waals surface area contributed by atoms with Crippen LogP contribution in [0.4, 0.5) is 5.69 Å². The average molecular weight is 249 g/mol. The van der Waals surface area contributed by atoms with E-state index in [-0.39, 0.29) is 17.9 Å². The second-order valence-corrected chi connectivity index (χ2v) is 5.06. The summed E-state index contributed by atoms with van der Waals surface area (Å²) < 4.78 is 5.34. The van der Waals surface area contributed by atoms with Gasteiger partial charge in [-0.1, -0.05) is 19.9 Å². The fourth-order valence-corrected chi connectivity index (χ4v) is 1.99. The molecule has 1 amide bonds. The maximum Gasteiger partial charge on any atom is 0.262 e. The minimum absolute atomic E-state index is 0.0590. The van der Waals surface area contributed by atoms with Gasteiger partial charge in [-0.2, -0.15) is 0 Å². The van der Waals surface area contributed by atoms with E-state index in [0.717, 1.165) is 23.5 Å². The normalized spacial score (nSPS) is 14.7. The van der Waals surface area contributed by atoms with Gasteiger partial charge < -0.3 is 21.1 Å².